The number of carbonyl (C=O) groups excluding carboxylic acids is 1. The maximum Gasteiger partial charge on any atom is 0.321 e. The molecule has 1 aromatic heterocycles. The molecule has 5 rings (SSSR count). The van der Waals surface area contributed by atoms with Gasteiger partial charge in [-0.1, -0.05) is 0 Å². The Kier molecular flexibility index (Phi) is 8.27. The monoisotopic (exact) mass is 532 g/mol. The number of halogens is 1. The van der Waals surface area contributed by atoms with Gasteiger partial charge in [0.25, 0.3) is 0 Å². The first-order valence-corrected chi connectivity index (χ1v) is 13.4. The van der Waals surface area contributed by atoms with Crippen LogP contribution in [0.25, 0.3) is 10.9 Å². The van der Waals surface area contributed by atoms with Crippen LogP contribution in [0.3, 0.4) is 0 Å². The quantitative estimate of drug-likeness (QED) is 0.428. The van der Waals surface area contributed by atoms with Crippen LogP contribution in [0.4, 0.5) is 20.6 Å². The Morgan fingerprint density at radius 2 is 1.82 bits per heavy atom. The third-order valence-corrected chi connectivity index (χ3v) is 7.30. The van der Waals surface area contributed by atoms with Crippen molar-refractivity contribution in [3.05, 3.63) is 54.0 Å². The number of anilines is 2. The average molecular weight is 533 g/mol. The number of likely N-dealkylation sites (tertiary alicyclic amines) is 1. The number of pyridine rings is 1. The van der Waals surface area contributed by atoms with Crippen LogP contribution in [0.2, 0.25) is 0 Å². The second-order valence-electron chi connectivity index (χ2n) is 9.82. The van der Waals surface area contributed by atoms with Gasteiger partial charge in [0.1, 0.15) is 0 Å². The van der Waals surface area contributed by atoms with E-state index in [0.717, 1.165) is 26.1 Å². The van der Waals surface area contributed by atoms with Crippen molar-refractivity contribution in [2.24, 2.45) is 0 Å². The standard InChI is InChI=1S/C29H33FN6O3/c1-38-26-17-23-25(18-27(26)39-16-4-11-34-9-2-3-10-34)32-20-24(30)28(23)35-12-14-36(15-13-35)29(37)33-22-7-5-21(19-31)6-8-22/h5-8,17-18,20H,2-4,9-16H2,1H3,(H,33,37). The minimum Gasteiger partial charge on any atom is -0.493 e. The van der Waals surface area contributed by atoms with E-state index in [-0.39, 0.29) is 6.03 Å². The zero-order chi connectivity index (χ0) is 27.2. The number of aromatic nitrogens is 1. The highest BCUT2D eigenvalue weighted by Crippen LogP contribution is 2.37. The van der Waals surface area contributed by atoms with Gasteiger partial charge >= 0.3 is 6.03 Å². The van der Waals surface area contributed by atoms with Crippen molar-refractivity contribution in [3.63, 3.8) is 0 Å². The average Bonchev–Trinajstić information content (AvgIpc) is 3.49. The lowest BCUT2D eigenvalue weighted by Crippen LogP contribution is -2.50. The van der Waals surface area contributed by atoms with Gasteiger partial charge in [0.2, 0.25) is 0 Å². The number of hydrogen-bond donors (Lipinski definition) is 1. The maximum absolute atomic E-state index is 15.1. The summed E-state index contributed by atoms with van der Waals surface area (Å²) in [7, 11) is 1.58. The molecule has 204 valence electrons. The van der Waals surface area contributed by atoms with Gasteiger partial charge in [-0.2, -0.15) is 5.26 Å². The Hall–Kier alpha value is -4.10. The Labute approximate surface area is 227 Å². The summed E-state index contributed by atoms with van der Waals surface area (Å²) in [5, 5.41) is 12.4. The van der Waals surface area contributed by atoms with Gasteiger partial charge in [-0.15, -0.1) is 0 Å². The fourth-order valence-electron chi connectivity index (χ4n) is 5.20. The lowest BCUT2D eigenvalue weighted by atomic mass is 10.1. The largest absolute Gasteiger partial charge is 0.493 e. The van der Waals surface area contributed by atoms with Gasteiger partial charge in [-0.25, -0.2) is 9.18 Å². The molecule has 1 N–H and O–H groups in total. The first kappa shape index (κ1) is 26.5. The molecule has 2 amide bonds. The van der Waals surface area contributed by atoms with E-state index < -0.39 is 5.82 Å². The number of ether oxygens (including phenoxy) is 2. The smallest absolute Gasteiger partial charge is 0.321 e. The lowest BCUT2D eigenvalue weighted by Gasteiger charge is -2.36. The number of urea groups is 1. The fraction of sp³-hybridized carbons (Fsp3) is 0.414. The first-order valence-electron chi connectivity index (χ1n) is 13.4. The fourth-order valence-corrected chi connectivity index (χ4v) is 5.20. The second-order valence-corrected chi connectivity index (χ2v) is 9.82. The highest BCUT2D eigenvalue weighted by molar-refractivity contribution is 5.94. The Morgan fingerprint density at radius 1 is 1.08 bits per heavy atom. The highest BCUT2D eigenvalue weighted by Gasteiger charge is 2.25. The van der Waals surface area contributed by atoms with Crippen molar-refractivity contribution in [1.82, 2.24) is 14.8 Å². The van der Waals surface area contributed by atoms with E-state index in [4.69, 9.17) is 14.7 Å². The van der Waals surface area contributed by atoms with Crippen molar-refractivity contribution in [2.45, 2.75) is 19.3 Å². The van der Waals surface area contributed by atoms with Crippen molar-refractivity contribution in [3.8, 4) is 17.6 Å². The van der Waals surface area contributed by atoms with E-state index in [1.165, 1.54) is 19.0 Å². The summed E-state index contributed by atoms with van der Waals surface area (Å²) >= 11 is 0. The molecule has 2 aliphatic heterocycles. The van der Waals surface area contributed by atoms with Gasteiger partial charge in [0, 0.05) is 49.9 Å². The zero-order valence-electron chi connectivity index (χ0n) is 22.2. The molecule has 0 aliphatic carbocycles. The molecule has 3 aromatic rings. The summed E-state index contributed by atoms with van der Waals surface area (Å²) < 4.78 is 26.8. The normalized spacial score (nSPS) is 15.8. The number of carbonyl (C=O) groups is 1. The number of nitrogens with one attached hydrogen (secondary N) is 1. The number of nitriles is 1. The molecule has 2 aliphatic rings. The highest BCUT2D eigenvalue weighted by atomic mass is 19.1. The zero-order valence-corrected chi connectivity index (χ0v) is 22.2. The van der Waals surface area contributed by atoms with E-state index in [2.05, 4.69) is 21.3 Å². The number of rotatable bonds is 8. The van der Waals surface area contributed by atoms with Gasteiger partial charge in [-0.3, -0.25) is 4.98 Å². The van der Waals surface area contributed by atoms with Crippen LogP contribution in [-0.2, 0) is 0 Å². The van der Waals surface area contributed by atoms with Gasteiger partial charge in [0.15, 0.2) is 17.3 Å². The molecule has 0 atom stereocenters. The molecular formula is C29H33FN6O3. The third kappa shape index (κ3) is 6.15. The predicted molar refractivity (Wildman–Crippen MR) is 148 cm³/mol. The van der Waals surface area contributed by atoms with Crippen LogP contribution in [0, 0.1) is 17.1 Å². The lowest BCUT2D eigenvalue weighted by molar-refractivity contribution is 0.208. The SMILES string of the molecule is COc1cc2c(N3CCN(C(=O)Nc4ccc(C#N)cc4)CC3)c(F)cnc2cc1OCCCN1CCCC1. The summed E-state index contributed by atoms with van der Waals surface area (Å²) in [5.74, 6) is 0.720. The Morgan fingerprint density at radius 3 is 2.51 bits per heavy atom. The molecule has 2 aromatic carbocycles. The van der Waals surface area contributed by atoms with Gasteiger partial charge in [0.05, 0.1) is 42.8 Å². The van der Waals surface area contributed by atoms with Gasteiger partial charge in [-0.05, 0) is 62.7 Å². The van der Waals surface area contributed by atoms with E-state index in [0.29, 0.717) is 72.1 Å². The van der Waals surface area contributed by atoms with E-state index in [9.17, 15) is 4.79 Å². The Bertz CT molecular complexity index is 1350. The predicted octanol–water partition coefficient (Wildman–Crippen LogP) is 4.47. The van der Waals surface area contributed by atoms with E-state index in [1.54, 1.807) is 42.3 Å². The minimum absolute atomic E-state index is 0.229. The molecule has 0 saturated carbocycles. The molecule has 0 spiro atoms. The molecule has 2 saturated heterocycles. The van der Waals surface area contributed by atoms with Crippen molar-refractivity contribution in [1.29, 1.82) is 5.26 Å². The summed E-state index contributed by atoms with van der Waals surface area (Å²) in [4.78, 5) is 23.2. The number of methoxy groups -OCH3 is 1. The molecule has 3 heterocycles. The summed E-state index contributed by atoms with van der Waals surface area (Å²) in [5.41, 5.74) is 2.23. The molecule has 2 fully saturated rings. The van der Waals surface area contributed by atoms with Crippen LogP contribution >= 0.6 is 0 Å². The number of piperazine rings is 1. The molecule has 9 nitrogen and oxygen atoms in total. The minimum atomic E-state index is -0.417. The summed E-state index contributed by atoms with van der Waals surface area (Å²) in [6.07, 6.45) is 4.70. The number of nitrogens with zero attached hydrogens (tertiary/aromatic N) is 5. The summed E-state index contributed by atoms with van der Waals surface area (Å²) in [6.45, 7) is 5.70. The van der Waals surface area contributed by atoms with Crippen molar-refractivity contribution < 1.29 is 18.7 Å². The second kappa shape index (κ2) is 12.2. The maximum atomic E-state index is 15.1. The van der Waals surface area contributed by atoms with Crippen LogP contribution in [0.1, 0.15) is 24.8 Å². The van der Waals surface area contributed by atoms with Crippen LogP contribution < -0.4 is 19.7 Å². The van der Waals surface area contributed by atoms with Crippen LogP contribution in [0.5, 0.6) is 11.5 Å². The Balaban J connectivity index is 1.25. The first-order chi connectivity index (χ1) is 19.1. The molecule has 0 radical (unpaired) electrons. The van der Waals surface area contributed by atoms with Gasteiger partial charge < -0.3 is 29.5 Å². The molecule has 0 bridgehead atoms. The van der Waals surface area contributed by atoms with Crippen molar-refractivity contribution in [2.75, 3.05) is 69.7 Å². The third-order valence-electron chi connectivity index (χ3n) is 7.30. The van der Waals surface area contributed by atoms with Crippen LogP contribution in [0.15, 0.2) is 42.6 Å². The van der Waals surface area contributed by atoms with Crippen LogP contribution in [-0.4, -0.2) is 80.3 Å². The number of benzene rings is 2. The number of hydrogen-bond acceptors (Lipinski definition) is 7. The molecular weight excluding hydrogens is 499 g/mol. The topological polar surface area (TPSA) is 94.0 Å². The molecule has 39 heavy (non-hydrogen) atoms. The molecule has 10 heteroatoms. The van der Waals surface area contributed by atoms with E-state index >= 15 is 4.39 Å². The van der Waals surface area contributed by atoms with Crippen molar-refractivity contribution >= 4 is 28.3 Å². The molecule has 0 unspecified atom stereocenters. The summed E-state index contributed by atoms with van der Waals surface area (Å²) in [6, 6.07) is 12.1. The van der Waals surface area contributed by atoms with E-state index in [1.807, 2.05) is 11.0 Å². The number of amides is 2. The number of fused-ring (bicyclic) bond motifs is 1.